The first-order valence-electron chi connectivity index (χ1n) is 15.7. The first kappa shape index (κ1) is 32.0. The largest absolute Gasteiger partial charge is 0.445 e. The zero-order chi connectivity index (χ0) is 32.2. The van der Waals surface area contributed by atoms with E-state index in [1.165, 1.54) is 4.90 Å². The summed E-state index contributed by atoms with van der Waals surface area (Å²) in [5, 5.41) is 2.91. The number of amides is 4. The smallest absolute Gasteiger partial charge is 0.410 e. The second-order valence-electron chi connectivity index (χ2n) is 12.8. The van der Waals surface area contributed by atoms with Crippen LogP contribution in [-0.2, 0) is 25.7 Å². The molecule has 2 unspecified atom stereocenters. The molecule has 3 aliphatic rings. The Bertz CT molecular complexity index is 1410. The van der Waals surface area contributed by atoms with Crippen molar-refractivity contribution in [2.24, 2.45) is 5.92 Å². The molecule has 0 spiro atoms. The molecule has 2 aromatic rings. The molecule has 4 amide bonds. The molecule has 4 atom stereocenters. The average Bonchev–Trinajstić information content (AvgIpc) is 3.77. The molecule has 1 N–H and O–H groups in total. The molecule has 3 fully saturated rings. The van der Waals surface area contributed by atoms with Gasteiger partial charge in [0, 0.05) is 38.4 Å². The molecule has 3 heterocycles. The number of nitrogens with one attached hydrogen (secondary N) is 1. The molecular formula is C34H43N5O6. The van der Waals surface area contributed by atoms with Crippen molar-refractivity contribution in [2.45, 2.75) is 70.3 Å². The highest BCUT2D eigenvalue weighted by Gasteiger charge is 2.54. The van der Waals surface area contributed by atoms with E-state index in [-0.39, 0.29) is 42.6 Å². The number of ketones is 1. The van der Waals surface area contributed by atoms with Crippen LogP contribution in [0, 0.1) is 5.92 Å². The van der Waals surface area contributed by atoms with E-state index in [0.29, 0.717) is 44.3 Å². The van der Waals surface area contributed by atoms with Gasteiger partial charge in [-0.2, -0.15) is 0 Å². The Hall–Kier alpha value is -4.41. The second kappa shape index (κ2) is 13.7. The van der Waals surface area contributed by atoms with Gasteiger partial charge >= 0.3 is 6.09 Å². The number of hydrogen-bond acceptors (Lipinski definition) is 7. The van der Waals surface area contributed by atoms with Crippen molar-refractivity contribution in [3.05, 3.63) is 65.7 Å². The molecule has 0 aromatic heterocycles. The van der Waals surface area contributed by atoms with Gasteiger partial charge < -0.3 is 24.8 Å². The first-order chi connectivity index (χ1) is 21.5. The molecule has 240 valence electrons. The number of rotatable bonds is 9. The highest BCUT2D eigenvalue weighted by Crippen LogP contribution is 2.33. The van der Waals surface area contributed by atoms with E-state index in [1.54, 1.807) is 21.9 Å². The molecule has 0 bridgehead atoms. The minimum atomic E-state index is -0.813. The van der Waals surface area contributed by atoms with Gasteiger partial charge in [0.1, 0.15) is 24.7 Å². The zero-order valence-corrected chi connectivity index (χ0v) is 26.5. The third-order valence-electron chi connectivity index (χ3n) is 8.92. The lowest BCUT2D eigenvalue weighted by Crippen LogP contribution is -2.53. The van der Waals surface area contributed by atoms with Crippen LogP contribution >= 0.6 is 0 Å². The molecular weight excluding hydrogens is 574 g/mol. The number of benzene rings is 2. The molecule has 0 aliphatic carbocycles. The van der Waals surface area contributed by atoms with Crippen molar-refractivity contribution in [3.8, 4) is 0 Å². The van der Waals surface area contributed by atoms with Gasteiger partial charge in [0.2, 0.25) is 11.8 Å². The topological polar surface area (TPSA) is 120 Å². The predicted octanol–water partition coefficient (Wildman–Crippen LogP) is 3.08. The van der Waals surface area contributed by atoms with Crippen LogP contribution in [-0.4, -0.2) is 102 Å². The van der Waals surface area contributed by atoms with Gasteiger partial charge in [-0.25, -0.2) is 4.79 Å². The Kier molecular flexibility index (Phi) is 9.74. The normalized spacial score (nSPS) is 21.6. The third kappa shape index (κ3) is 6.97. The van der Waals surface area contributed by atoms with Crippen molar-refractivity contribution in [1.29, 1.82) is 0 Å². The fourth-order valence-electron chi connectivity index (χ4n) is 6.64. The summed E-state index contributed by atoms with van der Waals surface area (Å²) in [7, 11) is 3.83. The predicted molar refractivity (Wildman–Crippen MR) is 168 cm³/mol. The minimum Gasteiger partial charge on any atom is -0.445 e. The summed E-state index contributed by atoms with van der Waals surface area (Å²) in [5.41, 5.74) is 2.25. The summed E-state index contributed by atoms with van der Waals surface area (Å²) >= 11 is 0. The summed E-state index contributed by atoms with van der Waals surface area (Å²) in [4.78, 5) is 73.7. The number of Topliss-reactive ketones (excluding diaryl/α,β-unsaturated/α-hetero) is 1. The Morgan fingerprint density at radius 3 is 2.31 bits per heavy atom. The van der Waals surface area contributed by atoms with Gasteiger partial charge in [-0.1, -0.05) is 44.2 Å². The third-order valence-corrected chi connectivity index (χ3v) is 8.92. The lowest BCUT2D eigenvalue weighted by Gasteiger charge is -2.31. The number of carbonyl (C=O) groups excluding carboxylic acids is 5. The molecule has 0 saturated carbocycles. The van der Waals surface area contributed by atoms with Crippen LogP contribution in [0.25, 0.3) is 0 Å². The minimum absolute atomic E-state index is 0.108. The van der Waals surface area contributed by atoms with Crippen LogP contribution < -0.4 is 10.2 Å². The number of carbonyl (C=O) groups is 5. The van der Waals surface area contributed by atoms with Gasteiger partial charge in [0.25, 0.3) is 5.91 Å². The van der Waals surface area contributed by atoms with E-state index in [1.807, 2.05) is 75.3 Å². The summed E-state index contributed by atoms with van der Waals surface area (Å²) in [6.07, 6.45) is 1.46. The molecule has 3 aliphatic heterocycles. The van der Waals surface area contributed by atoms with Gasteiger partial charge in [0.05, 0.1) is 12.6 Å². The van der Waals surface area contributed by atoms with Gasteiger partial charge in [-0.15, -0.1) is 0 Å². The van der Waals surface area contributed by atoms with Crippen molar-refractivity contribution < 1.29 is 28.7 Å². The van der Waals surface area contributed by atoms with Gasteiger partial charge in [0.15, 0.2) is 5.78 Å². The molecule has 2 aromatic carbocycles. The Labute approximate surface area is 264 Å². The molecule has 45 heavy (non-hydrogen) atoms. The lowest BCUT2D eigenvalue weighted by atomic mass is 10.0. The Morgan fingerprint density at radius 2 is 1.64 bits per heavy atom. The van der Waals surface area contributed by atoms with Crippen molar-refractivity contribution in [3.63, 3.8) is 0 Å². The highest BCUT2D eigenvalue weighted by atomic mass is 16.6. The highest BCUT2D eigenvalue weighted by molar-refractivity contribution is 6.01. The zero-order valence-electron chi connectivity index (χ0n) is 26.5. The van der Waals surface area contributed by atoms with Crippen molar-refractivity contribution in [2.75, 3.05) is 38.6 Å². The van der Waals surface area contributed by atoms with Crippen LogP contribution in [0.4, 0.5) is 10.5 Å². The maximum atomic E-state index is 13.9. The molecule has 3 saturated heterocycles. The Balaban J connectivity index is 1.25. The molecule has 5 rings (SSSR count). The van der Waals surface area contributed by atoms with E-state index in [2.05, 4.69) is 5.32 Å². The maximum Gasteiger partial charge on any atom is 0.410 e. The Morgan fingerprint density at radius 1 is 0.933 bits per heavy atom. The summed E-state index contributed by atoms with van der Waals surface area (Å²) < 4.78 is 5.51. The number of nitrogens with zero attached hydrogens (tertiary/aromatic N) is 4. The maximum absolute atomic E-state index is 13.9. The SMILES string of the molecule is CC(C)C[C@H](NC(=O)c1ccc(N(C)C)cc1)C(=O)N1CCC2C1C(=O)CN2C(=O)[C@@H]1CCCN1C(=O)OCc1ccccc1. The number of hydrogen-bond donors (Lipinski definition) is 1. The second-order valence-corrected chi connectivity index (χ2v) is 12.8. The van der Waals surface area contributed by atoms with E-state index < -0.39 is 30.3 Å². The fraction of sp³-hybridized carbons (Fsp3) is 0.500. The van der Waals surface area contributed by atoms with Crippen LogP contribution in [0.3, 0.4) is 0 Å². The molecule has 11 nitrogen and oxygen atoms in total. The quantitative estimate of drug-likeness (QED) is 0.459. The fourth-order valence-corrected chi connectivity index (χ4v) is 6.64. The van der Waals surface area contributed by atoms with Gasteiger partial charge in [-0.3, -0.25) is 24.1 Å². The van der Waals surface area contributed by atoms with Crippen LogP contribution in [0.2, 0.25) is 0 Å². The number of ether oxygens (including phenoxy) is 1. The van der Waals surface area contributed by atoms with E-state index in [9.17, 15) is 24.0 Å². The van der Waals surface area contributed by atoms with Crippen LogP contribution in [0.5, 0.6) is 0 Å². The number of fused-ring (bicyclic) bond motifs is 1. The van der Waals surface area contributed by atoms with E-state index in [0.717, 1.165) is 11.3 Å². The van der Waals surface area contributed by atoms with Crippen molar-refractivity contribution in [1.82, 2.24) is 20.0 Å². The average molecular weight is 618 g/mol. The standard InChI is InChI=1S/C34H43N5O6/c1-22(2)19-26(35-31(41)24-12-14-25(15-13-24)36(3)4)32(42)38-18-16-27-30(38)29(40)20-39(27)33(43)28-11-8-17-37(28)34(44)45-21-23-9-6-5-7-10-23/h5-7,9-10,12-15,22,26-28,30H,8,11,16-21H2,1-4H3,(H,35,41)/t26-,27?,28-,30?/m0/s1. The molecule has 11 heteroatoms. The molecule has 0 radical (unpaired) electrons. The summed E-state index contributed by atoms with van der Waals surface area (Å²) in [6, 6.07) is 13.7. The number of anilines is 1. The van der Waals surface area contributed by atoms with Crippen LogP contribution in [0.1, 0.15) is 55.5 Å². The van der Waals surface area contributed by atoms with E-state index in [4.69, 9.17) is 4.74 Å². The summed E-state index contributed by atoms with van der Waals surface area (Å²) in [6.45, 7) is 4.66. The summed E-state index contributed by atoms with van der Waals surface area (Å²) in [5.74, 6) is -1.05. The first-order valence-corrected chi connectivity index (χ1v) is 15.7. The lowest BCUT2D eigenvalue weighted by molar-refractivity contribution is -0.138. The number of likely N-dealkylation sites (tertiary alicyclic amines) is 3. The van der Waals surface area contributed by atoms with E-state index >= 15 is 0 Å². The van der Waals surface area contributed by atoms with Gasteiger partial charge in [-0.05, 0) is 61.4 Å². The monoisotopic (exact) mass is 617 g/mol. The van der Waals surface area contributed by atoms with Crippen LogP contribution in [0.15, 0.2) is 54.6 Å². The van der Waals surface area contributed by atoms with Crippen molar-refractivity contribution >= 4 is 35.3 Å².